The summed E-state index contributed by atoms with van der Waals surface area (Å²) in [4.78, 5) is 12.6. The second-order valence-electron chi connectivity index (χ2n) is 4.39. The SMILES string of the molecule is CC(C)C(NC(=O)c1cnns1)c1ccccc1. The van der Waals surface area contributed by atoms with Crippen molar-refractivity contribution >= 4 is 17.4 Å². The lowest BCUT2D eigenvalue weighted by molar-refractivity contribution is 0.0929. The fourth-order valence-electron chi connectivity index (χ4n) is 1.77. The van der Waals surface area contributed by atoms with E-state index in [2.05, 4.69) is 28.8 Å². The van der Waals surface area contributed by atoms with E-state index in [4.69, 9.17) is 0 Å². The smallest absolute Gasteiger partial charge is 0.265 e. The molecule has 1 atom stereocenters. The van der Waals surface area contributed by atoms with E-state index in [1.165, 1.54) is 6.20 Å². The summed E-state index contributed by atoms with van der Waals surface area (Å²) in [7, 11) is 0. The van der Waals surface area contributed by atoms with E-state index in [-0.39, 0.29) is 11.9 Å². The number of hydrogen-bond acceptors (Lipinski definition) is 4. The molecule has 0 bridgehead atoms. The van der Waals surface area contributed by atoms with Gasteiger partial charge < -0.3 is 5.32 Å². The lowest BCUT2D eigenvalue weighted by atomic mass is 9.96. The monoisotopic (exact) mass is 261 g/mol. The normalized spacial score (nSPS) is 12.4. The number of hydrogen-bond donors (Lipinski definition) is 1. The van der Waals surface area contributed by atoms with Crippen molar-refractivity contribution in [2.24, 2.45) is 5.92 Å². The van der Waals surface area contributed by atoms with Gasteiger partial charge in [0.25, 0.3) is 5.91 Å². The summed E-state index contributed by atoms with van der Waals surface area (Å²) in [6.45, 7) is 4.17. The molecule has 0 saturated carbocycles. The van der Waals surface area contributed by atoms with Crippen molar-refractivity contribution in [1.29, 1.82) is 0 Å². The molecule has 0 radical (unpaired) electrons. The Morgan fingerprint density at radius 3 is 2.56 bits per heavy atom. The Kier molecular flexibility index (Phi) is 4.04. The molecule has 1 amide bonds. The second kappa shape index (κ2) is 5.73. The standard InChI is InChI=1S/C13H15N3OS/c1-9(2)12(10-6-4-3-5-7-10)15-13(17)11-8-14-16-18-11/h3-9,12H,1-2H3,(H,15,17). The lowest BCUT2D eigenvalue weighted by Gasteiger charge is -2.22. The summed E-state index contributed by atoms with van der Waals surface area (Å²) in [5.74, 6) is 0.199. The number of benzene rings is 1. The zero-order chi connectivity index (χ0) is 13.0. The summed E-state index contributed by atoms with van der Waals surface area (Å²) >= 11 is 1.11. The zero-order valence-corrected chi connectivity index (χ0v) is 11.1. The van der Waals surface area contributed by atoms with Gasteiger partial charge in [-0.25, -0.2) is 0 Å². The maximum absolute atomic E-state index is 12.0. The number of nitrogens with one attached hydrogen (secondary N) is 1. The van der Waals surface area contributed by atoms with Gasteiger partial charge >= 0.3 is 0 Å². The fourth-order valence-corrected chi connectivity index (χ4v) is 2.19. The molecule has 18 heavy (non-hydrogen) atoms. The first kappa shape index (κ1) is 12.7. The fraction of sp³-hybridized carbons (Fsp3) is 0.308. The average Bonchev–Trinajstić information content (AvgIpc) is 2.90. The predicted octanol–water partition coefficient (Wildman–Crippen LogP) is 2.67. The molecule has 0 aliphatic carbocycles. The molecule has 1 N–H and O–H groups in total. The Labute approximate surface area is 110 Å². The van der Waals surface area contributed by atoms with Crippen molar-refractivity contribution in [2.75, 3.05) is 0 Å². The van der Waals surface area contributed by atoms with Crippen molar-refractivity contribution in [3.8, 4) is 0 Å². The van der Waals surface area contributed by atoms with Gasteiger partial charge in [-0.3, -0.25) is 4.79 Å². The highest BCUT2D eigenvalue weighted by atomic mass is 32.1. The van der Waals surface area contributed by atoms with Crippen LogP contribution in [0.5, 0.6) is 0 Å². The Morgan fingerprint density at radius 1 is 1.28 bits per heavy atom. The van der Waals surface area contributed by atoms with E-state index < -0.39 is 0 Å². The van der Waals surface area contributed by atoms with Crippen LogP contribution in [0.1, 0.15) is 35.1 Å². The number of carbonyl (C=O) groups is 1. The molecule has 2 aromatic rings. The molecular formula is C13H15N3OS. The van der Waals surface area contributed by atoms with Crippen LogP contribution in [0.4, 0.5) is 0 Å². The third-order valence-corrected chi connectivity index (χ3v) is 3.36. The van der Waals surface area contributed by atoms with E-state index in [1.54, 1.807) is 0 Å². The third kappa shape index (κ3) is 2.92. The Hall–Kier alpha value is -1.75. The number of nitrogens with zero attached hydrogens (tertiary/aromatic N) is 2. The van der Waals surface area contributed by atoms with Crippen molar-refractivity contribution in [3.63, 3.8) is 0 Å². The van der Waals surface area contributed by atoms with E-state index >= 15 is 0 Å². The molecule has 5 heteroatoms. The molecule has 0 fully saturated rings. The van der Waals surface area contributed by atoms with Crippen LogP contribution in [0, 0.1) is 5.92 Å². The summed E-state index contributed by atoms with van der Waals surface area (Å²) < 4.78 is 3.70. The first-order chi connectivity index (χ1) is 8.68. The summed E-state index contributed by atoms with van der Waals surface area (Å²) in [6.07, 6.45) is 1.49. The van der Waals surface area contributed by atoms with Crippen molar-refractivity contribution in [2.45, 2.75) is 19.9 Å². The van der Waals surface area contributed by atoms with Gasteiger partial charge in [-0.15, -0.1) is 5.10 Å². The highest BCUT2D eigenvalue weighted by Crippen LogP contribution is 2.22. The second-order valence-corrected chi connectivity index (χ2v) is 5.17. The van der Waals surface area contributed by atoms with Gasteiger partial charge in [0.2, 0.25) is 0 Å². The molecule has 0 saturated heterocycles. The van der Waals surface area contributed by atoms with Crippen molar-refractivity contribution in [3.05, 3.63) is 47.0 Å². The highest BCUT2D eigenvalue weighted by Gasteiger charge is 2.19. The highest BCUT2D eigenvalue weighted by molar-refractivity contribution is 7.07. The molecule has 0 aliphatic rings. The van der Waals surface area contributed by atoms with Gasteiger partial charge in [0.1, 0.15) is 4.88 Å². The number of amides is 1. The molecule has 1 aromatic carbocycles. The minimum absolute atomic E-state index is 0.000741. The van der Waals surface area contributed by atoms with Gasteiger partial charge in [-0.2, -0.15) is 0 Å². The molecule has 4 nitrogen and oxygen atoms in total. The number of carbonyl (C=O) groups excluding carboxylic acids is 1. The molecule has 2 rings (SSSR count). The molecule has 1 heterocycles. The van der Waals surface area contributed by atoms with E-state index in [0.29, 0.717) is 10.8 Å². The molecule has 0 spiro atoms. The Morgan fingerprint density at radius 2 is 2.00 bits per heavy atom. The molecule has 1 aromatic heterocycles. The van der Waals surface area contributed by atoms with Crippen LogP contribution < -0.4 is 5.32 Å². The average molecular weight is 261 g/mol. The van der Waals surface area contributed by atoms with Crippen molar-refractivity contribution in [1.82, 2.24) is 14.9 Å². The van der Waals surface area contributed by atoms with Crippen LogP contribution in [0.3, 0.4) is 0 Å². The van der Waals surface area contributed by atoms with Crippen LogP contribution in [0.2, 0.25) is 0 Å². The quantitative estimate of drug-likeness (QED) is 0.920. The van der Waals surface area contributed by atoms with Gasteiger partial charge in [-0.05, 0) is 23.0 Å². The summed E-state index contributed by atoms with van der Waals surface area (Å²) in [6, 6.07) is 9.97. The van der Waals surface area contributed by atoms with E-state index in [9.17, 15) is 4.79 Å². The first-order valence-corrected chi connectivity index (χ1v) is 6.59. The van der Waals surface area contributed by atoms with Gasteiger partial charge in [0.15, 0.2) is 0 Å². The third-order valence-electron chi connectivity index (χ3n) is 2.70. The minimum atomic E-state index is -0.118. The molecule has 1 unspecified atom stereocenters. The van der Waals surface area contributed by atoms with Crippen LogP contribution in [-0.2, 0) is 0 Å². The maximum atomic E-state index is 12.0. The van der Waals surface area contributed by atoms with E-state index in [0.717, 1.165) is 17.1 Å². The summed E-state index contributed by atoms with van der Waals surface area (Å²) in [5, 5.41) is 6.70. The minimum Gasteiger partial charge on any atom is -0.344 e. The zero-order valence-electron chi connectivity index (χ0n) is 10.3. The number of rotatable bonds is 4. The van der Waals surface area contributed by atoms with Crippen LogP contribution in [0.25, 0.3) is 0 Å². The van der Waals surface area contributed by atoms with Crippen LogP contribution in [0.15, 0.2) is 36.5 Å². The maximum Gasteiger partial charge on any atom is 0.265 e. The van der Waals surface area contributed by atoms with Gasteiger partial charge in [0, 0.05) is 0 Å². The summed E-state index contributed by atoms with van der Waals surface area (Å²) in [5.41, 5.74) is 1.11. The lowest BCUT2D eigenvalue weighted by Crippen LogP contribution is -2.31. The first-order valence-electron chi connectivity index (χ1n) is 5.81. The number of aromatic nitrogens is 2. The van der Waals surface area contributed by atoms with E-state index in [1.807, 2.05) is 30.3 Å². The van der Waals surface area contributed by atoms with Crippen molar-refractivity contribution < 1.29 is 4.79 Å². The largest absolute Gasteiger partial charge is 0.344 e. The Bertz CT molecular complexity index is 496. The van der Waals surface area contributed by atoms with Gasteiger partial charge in [-0.1, -0.05) is 48.7 Å². The Balaban J connectivity index is 2.15. The molecular weight excluding hydrogens is 246 g/mol. The molecule has 94 valence electrons. The molecule has 0 aliphatic heterocycles. The van der Waals surface area contributed by atoms with Gasteiger partial charge in [0.05, 0.1) is 12.2 Å². The topological polar surface area (TPSA) is 54.9 Å². The van der Waals surface area contributed by atoms with Crippen LogP contribution >= 0.6 is 11.5 Å². The van der Waals surface area contributed by atoms with Crippen LogP contribution in [-0.4, -0.2) is 15.5 Å². The predicted molar refractivity (Wildman–Crippen MR) is 71.4 cm³/mol.